The number of allylic oxidation sites excluding steroid dienone is 1. The Balaban J connectivity index is 1.39. The van der Waals surface area contributed by atoms with Gasteiger partial charge in [-0.25, -0.2) is 4.98 Å². The van der Waals surface area contributed by atoms with E-state index in [0.29, 0.717) is 47.0 Å². The smallest absolute Gasteiger partial charge is 0.258 e. The fourth-order valence-electron chi connectivity index (χ4n) is 3.56. The van der Waals surface area contributed by atoms with Crippen molar-refractivity contribution < 1.29 is 9.47 Å². The van der Waals surface area contributed by atoms with Crippen LogP contribution in [0.2, 0.25) is 0 Å². The van der Waals surface area contributed by atoms with Gasteiger partial charge < -0.3 is 9.47 Å². The van der Waals surface area contributed by atoms with Crippen molar-refractivity contribution in [3.05, 3.63) is 88.8 Å². The number of hydrogen-bond acceptors (Lipinski definition) is 7. The van der Waals surface area contributed by atoms with Gasteiger partial charge >= 0.3 is 0 Å². The Morgan fingerprint density at radius 2 is 2.06 bits per heavy atom. The van der Waals surface area contributed by atoms with Gasteiger partial charge in [0, 0.05) is 24.6 Å². The van der Waals surface area contributed by atoms with Crippen LogP contribution in [0, 0.1) is 6.92 Å². The van der Waals surface area contributed by atoms with Gasteiger partial charge in [-0.3, -0.25) is 13.8 Å². The molecule has 0 radical (unpaired) electrons. The zero-order valence-electron chi connectivity index (χ0n) is 17.5. The highest BCUT2D eigenvalue weighted by molar-refractivity contribution is 7.98. The minimum Gasteiger partial charge on any atom is -0.485 e. The van der Waals surface area contributed by atoms with Gasteiger partial charge in [0.1, 0.15) is 12.3 Å². The number of aromatic nitrogens is 5. The third kappa shape index (κ3) is 3.87. The number of fused-ring (bicyclic) bond motifs is 2. The summed E-state index contributed by atoms with van der Waals surface area (Å²) in [6, 6.07) is 12.9. The Hall–Kier alpha value is -3.59. The molecule has 3 aromatic heterocycles. The van der Waals surface area contributed by atoms with E-state index in [2.05, 4.69) is 21.8 Å². The maximum Gasteiger partial charge on any atom is 0.258 e. The average Bonchev–Trinajstić information content (AvgIpc) is 3.20. The summed E-state index contributed by atoms with van der Waals surface area (Å²) in [5.74, 6) is 2.56. The number of benzene rings is 1. The first-order valence-electron chi connectivity index (χ1n) is 10.2. The molecule has 0 spiro atoms. The molecule has 162 valence electrons. The van der Waals surface area contributed by atoms with Gasteiger partial charge in [0.15, 0.2) is 28.6 Å². The van der Waals surface area contributed by atoms with E-state index in [9.17, 15) is 4.79 Å². The second kappa shape index (κ2) is 8.51. The van der Waals surface area contributed by atoms with E-state index < -0.39 is 0 Å². The fourth-order valence-corrected chi connectivity index (χ4v) is 4.41. The highest BCUT2D eigenvalue weighted by Crippen LogP contribution is 2.36. The predicted octanol–water partition coefficient (Wildman–Crippen LogP) is 3.59. The Labute approximate surface area is 188 Å². The molecule has 4 heterocycles. The number of rotatable bonds is 6. The summed E-state index contributed by atoms with van der Waals surface area (Å²) in [5, 5.41) is 9.43. The number of ether oxygens (including phenoxy) is 2. The van der Waals surface area contributed by atoms with Crippen molar-refractivity contribution in [2.24, 2.45) is 0 Å². The lowest BCUT2D eigenvalue weighted by molar-refractivity contribution is 0.0821. The quantitative estimate of drug-likeness (QED) is 0.330. The van der Waals surface area contributed by atoms with Gasteiger partial charge in [-0.1, -0.05) is 36.0 Å². The number of pyridine rings is 1. The zero-order chi connectivity index (χ0) is 22.1. The Kier molecular flexibility index (Phi) is 5.40. The molecule has 0 amide bonds. The second-order valence-corrected chi connectivity index (χ2v) is 8.36. The van der Waals surface area contributed by atoms with Gasteiger partial charge in [-0.05, 0) is 30.7 Å². The van der Waals surface area contributed by atoms with Crippen LogP contribution in [0.4, 0.5) is 0 Å². The van der Waals surface area contributed by atoms with E-state index in [1.165, 1.54) is 11.8 Å². The van der Waals surface area contributed by atoms with Crippen LogP contribution in [-0.4, -0.2) is 30.8 Å². The third-order valence-electron chi connectivity index (χ3n) is 5.06. The van der Waals surface area contributed by atoms with E-state index in [1.807, 2.05) is 47.9 Å². The van der Waals surface area contributed by atoms with E-state index in [-0.39, 0.29) is 11.7 Å². The monoisotopic (exact) mass is 447 g/mol. The zero-order valence-corrected chi connectivity index (χ0v) is 18.3. The highest BCUT2D eigenvalue weighted by atomic mass is 32.2. The van der Waals surface area contributed by atoms with Crippen molar-refractivity contribution in [3.63, 3.8) is 0 Å². The molecular weight excluding hydrogens is 426 g/mol. The summed E-state index contributed by atoms with van der Waals surface area (Å²) in [5.41, 5.74) is 2.21. The number of thioether (sulfide) groups is 1. The number of para-hydroxylation sites is 2. The van der Waals surface area contributed by atoms with Crippen LogP contribution in [0.15, 0.2) is 71.3 Å². The van der Waals surface area contributed by atoms with E-state index in [0.717, 1.165) is 11.3 Å². The van der Waals surface area contributed by atoms with Crippen molar-refractivity contribution in [2.45, 2.75) is 30.5 Å². The Bertz CT molecular complexity index is 1360. The van der Waals surface area contributed by atoms with Crippen LogP contribution in [0.1, 0.15) is 23.2 Å². The van der Waals surface area contributed by atoms with Crippen molar-refractivity contribution in [2.75, 3.05) is 6.61 Å². The van der Waals surface area contributed by atoms with E-state index in [1.54, 1.807) is 22.7 Å². The molecular formula is C23H21N5O3S. The molecule has 0 aliphatic carbocycles. The summed E-state index contributed by atoms with van der Waals surface area (Å²) < 4.78 is 15.5. The standard InChI is InChI=1S/C23H21N5O3S/c1-3-10-27-22(19-13-30-17-6-4-5-7-18(17)31-19)25-26-23(27)32-14-16-11-21(29)28-12-15(2)8-9-20(28)24-16/h3-9,11-12,19H,1,10,13-14H2,2H3. The highest BCUT2D eigenvalue weighted by Gasteiger charge is 2.28. The topological polar surface area (TPSA) is 83.5 Å². The number of aryl methyl sites for hydroxylation is 1. The SMILES string of the molecule is C=CCn1c(SCc2cc(=O)n3cc(C)ccc3n2)nnc1C1COc2ccccc2O1. The summed E-state index contributed by atoms with van der Waals surface area (Å²) >= 11 is 1.47. The lowest BCUT2D eigenvalue weighted by Crippen LogP contribution is -2.25. The molecule has 1 atom stereocenters. The molecule has 1 unspecified atom stereocenters. The lowest BCUT2D eigenvalue weighted by Gasteiger charge is -2.26. The first kappa shape index (κ1) is 20.3. The van der Waals surface area contributed by atoms with Gasteiger partial charge in [-0.15, -0.1) is 16.8 Å². The second-order valence-electron chi connectivity index (χ2n) is 7.41. The fraction of sp³-hybridized carbons (Fsp3) is 0.217. The maximum atomic E-state index is 12.5. The van der Waals surface area contributed by atoms with Crippen molar-refractivity contribution in [1.82, 2.24) is 24.1 Å². The molecule has 1 aliphatic rings. The molecule has 0 saturated carbocycles. The van der Waals surface area contributed by atoms with Crippen LogP contribution >= 0.6 is 11.8 Å². The van der Waals surface area contributed by atoms with Gasteiger partial charge in [-0.2, -0.15) is 0 Å². The molecule has 1 aromatic carbocycles. The normalized spacial score (nSPS) is 15.1. The van der Waals surface area contributed by atoms with E-state index >= 15 is 0 Å². The summed E-state index contributed by atoms with van der Waals surface area (Å²) in [7, 11) is 0. The van der Waals surface area contributed by atoms with Crippen LogP contribution in [0.5, 0.6) is 11.5 Å². The molecule has 0 fully saturated rings. The number of hydrogen-bond donors (Lipinski definition) is 0. The Morgan fingerprint density at radius 1 is 1.22 bits per heavy atom. The van der Waals surface area contributed by atoms with E-state index in [4.69, 9.17) is 9.47 Å². The molecule has 5 rings (SSSR count). The summed E-state index contributed by atoms with van der Waals surface area (Å²) in [6.07, 6.45) is 3.20. The van der Waals surface area contributed by atoms with Crippen LogP contribution in [0.3, 0.4) is 0 Å². The van der Waals surface area contributed by atoms with Crippen molar-refractivity contribution in [3.8, 4) is 11.5 Å². The molecule has 9 heteroatoms. The molecule has 8 nitrogen and oxygen atoms in total. The largest absolute Gasteiger partial charge is 0.485 e. The molecule has 0 bridgehead atoms. The average molecular weight is 448 g/mol. The molecule has 0 saturated heterocycles. The van der Waals surface area contributed by atoms with Crippen LogP contribution in [0.25, 0.3) is 5.65 Å². The summed E-state index contributed by atoms with van der Waals surface area (Å²) in [6.45, 7) is 6.67. The number of nitrogens with zero attached hydrogens (tertiary/aromatic N) is 5. The van der Waals surface area contributed by atoms with Crippen LogP contribution < -0.4 is 15.0 Å². The van der Waals surface area contributed by atoms with Crippen molar-refractivity contribution in [1.29, 1.82) is 0 Å². The third-order valence-corrected chi connectivity index (χ3v) is 6.06. The first-order valence-corrected chi connectivity index (χ1v) is 11.1. The molecule has 32 heavy (non-hydrogen) atoms. The maximum absolute atomic E-state index is 12.5. The summed E-state index contributed by atoms with van der Waals surface area (Å²) in [4.78, 5) is 17.1. The lowest BCUT2D eigenvalue weighted by atomic mass is 10.2. The minimum atomic E-state index is -0.377. The molecule has 4 aromatic rings. The predicted molar refractivity (Wildman–Crippen MR) is 121 cm³/mol. The van der Waals surface area contributed by atoms with Crippen LogP contribution in [-0.2, 0) is 12.3 Å². The molecule has 0 N–H and O–H groups in total. The van der Waals surface area contributed by atoms with Gasteiger partial charge in [0.2, 0.25) is 0 Å². The minimum absolute atomic E-state index is 0.103. The van der Waals surface area contributed by atoms with Crippen molar-refractivity contribution >= 4 is 17.4 Å². The van der Waals surface area contributed by atoms with Gasteiger partial charge in [0.25, 0.3) is 5.56 Å². The van der Waals surface area contributed by atoms with Gasteiger partial charge in [0.05, 0.1) is 5.69 Å². The first-order chi connectivity index (χ1) is 15.6. The Morgan fingerprint density at radius 3 is 2.91 bits per heavy atom. The molecule has 1 aliphatic heterocycles.